The van der Waals surface area contributed by atoms with Crippen LogP contribution in [-0.4, -0.2) is 50.8 Å². The molecule has 0 unspecified atom stereocenters. The fourth-order valence-electron chi connectivity index (χ4n) is 2.66. The molecule has 0 aromatic heterocycles. The SMILES string of the molecule is COc1cccc([C@H](C)NC[C@H]2CC[C@@H](C(=O)N(C)C)O2)c1. The van der Waals surface area contributed by atoms with Gasteiger partial charge in [-0.2, -0.15) is 0 Å². The highest BCUT2D eigenvalue weighted by Gasteiger charge is 2.31. The molecule has 22 heavy (non-hydrogen) atoms. The average Bonchev–Trinajstić information content (AvgIpc) is 3.00. The second kappa shape index (κ2) is 7.61. The first kappa shape index (κ1) is 16.8. The van der Waals surface area contributed by atoms with E-state index in [9.17, 15) is 4.79 Å². The zero-order valence-corrected chi connectivity index (χ0v) is 13.8. The van der Waals surface area contributed by atoms with Gasteiger partial charge in [0.2, 0.25) is 0 Å². The molecule has 0 aliphatic carbocycles. The molecule has 2 rings (SSSR count). The van der Waals surface area contributed by atoms with Crippen molar-refractivity contribution in [2.75, 3.05) is 27.7 Å². The highest BCUT2D eigenvalue weighted by Crippen LogP contribution is 2.22. The molecule has 0 bridgehead atoms. The van der Waals surface area contributed by atoms with E-state index in [0.717, 1.165) is 25.1 Å². The van der Waals surface area contributed by atoms with Gasteiger partial charge in [0.25, 0.3) is 5.91 Å². The zero-order valence-electron chi connectivity index (χ0n) is 13.8. The van der Waals surface area contributed by atoms with Crippen molar-refractivity contribution in [3.8, 4) is 5.75 Å². The number of likely N-dealkylation sites (N-methyl/N-ethyl adjacent to an activating group) is 1. The molecule has 1 aromatic rings. The fourth-order valence-corrected chi connectivity index (χ4v) is 2.66. The summed E-state index contributed by atoms with van der Waals surface area (Å²) in [7, 11) is 5.20. The largest absolute Gasteiger partial charge is 0.497 e. The molecular weight excluding hydrogens is 280 g/mol. The molecule has 1 aliphatic heterocycles. The summed E-state index contributed by atoms with van der Waals surface area (Å²) in [5.41, 5.74) is 1.18. The van der Waals surface area contributed by atoms with Crippen molar-refractivity contribution in [1.29, 1.82) is 0 Å². The predicted octanol–water partition coefficient (Wildman–Crippen LogP) is 1.98. The van der Waals surface area contributed by atoms with Crippen LogP contribution in [0.1, 0.15) is 31.4 Å². The second-order valence-electron chi connectivity index (χ2n) is 5.96. The Balaban J connectivity index is 1.82. The van der Waals surface area contributed by atoms with Crippen molar-refractivity contribution in [3.05, 3.63) is 29.8 Å². The second-order valence-corrected chi connectivity index (χ2v) is 5.96. The summed E-state index contributed by atoms with van der Waals surface area (Å²) in [6.45, 7) is 2.86. The van der Waals surface area contributed by atoms with Crippen LogP contribution in [0.15, 0.2) is 24.3 Å². The number of benzene rings is 1. The first-order valence-corrected chi connectivity index (χ1v) is 7.75. The van der Waals surface area contributed by atoms with Gasteiger partial charge in [-0.15, -0.1) is 0 Å². The molecule has 1 aromatic carbocycles. The van der Waals surface area contributed by atoms with Gasteiger partial charge < -0.3 is 19.7 Å². The number of ether oxygens (including phenoxy) is 2. The van der Waals surface area contributed by atoms with E-state index in [1.807, 2.05) is 18.2 Å². The molecule has 1 heterocycles. The van der Waals surface area contributed by atoms with E-state index in [2.05, 4.69) is 18.3 Å². The zero-order chi connectivity index (χ0) is 16.1. The Kier molecular flexibility index (Phi) is 5.80. The van der Waals surface area contributed by atoms with Gasteiger partial charge in [0.05, 0.1) is 13.2 Å². The minimum atomic E-state index is -0.283. The first-order valence-electron chi connectivity index (χ1n) is 7.75. The Hall–Kier alpha value is -1.59. The molecule has 122 valence electrons. The van der Waals surface area contributed by atoms with E-state index in [0.29, 0.717) is 0 Å². The van der Waals surface area contributed by atoms with Crippen molar-refractivity contribution in [2.45, 2.75) is 38.0 Å². The molecule has 0 saturated carbocycles. The normalized spacial score (nSPS) is 22.4. The third-order valence-electron chi connectivity index (χ3n) is 4.07. The number of hydrogen-bond acceptors (Lipinski definition) is 4. The molecule has 1 amide bonds. The van der Waals surface area contributed by atoms with Gasteiger partial charge in [-0.05, 0) is 37.5 Å². The maximum absolute atomic E-state index is 11.9. The monoisotopic (exact) mass is 306 g/mol. The number of nitrogens with zero attached hydrogens (tertiary/aromatic N) is 1. The Morgan fingerprint density at radius 3 is 2.91 bits per heavy atom. The highest BCUT2D eigenvalue weighted by atomic mass is 16.5. The number of carbonyl (C=O) groups is 1. The van der Waals surface area contributed by atoms with E-state index in [4.69, 9.17) is 9.47 Å². The molecular formula is C17H26N2O3. The minimum absolute atomic E-state index is 0.0587. The van der Waals surface area contributed by atoms with E-state index < -0.39 is 0 Å². The van der Waals surface area contributed by atoms with Gasteiger partial charge in [0.1, 0.15) is 11.9 Å². The first-order chi connectivity index (χ1) is 10.5. The molecule has 3 atom stereocenters. The number of amides is 1. The Morgan fingerprint density at radius 2 is 2.23 bits per heavy atom. The summed E-state index contributed by atoms with van der Waals surface area (Å²) in [6.07, 6.45) is 1.54. The maximum Gasteiger partial charge on any atom is 0.251 e. The van der Waals surface area contributed by atoms with Crippen molar-refractivity contribution in [3.63, 3.8) is 0 Å². The highest BCUT2D eigenvalue weighted by molar-refractivity contribution is 5.80. The Labute approximate surface area is 132 Å². The van der Waals surface area contributed by atoms with E-state index in [1.54, 1.807) is 26.1 Å². The predicted molar refractivity (Wildman–Crippen MR) is 86.0 cm³/mol. The topological polar surface area (TPSA) is 50.8 Å². The third-order valence-corrected chi connectivity index (χ3v) is 4.07. The van der Waals surface area contributed by atoms with Crippen LogP contribution in [0.3, 0.4) is 0 Å². The molecule has 1 saturated heterocycles. The number of hydrogen-bond donors (Lipinski definition) is 1. The number of nitrogens with one attached hydrogen (secondary N) is 1. The fraction of sp³-hybridized carbons (Fsp3) is 0.588. The van der Waals surface area contributed by atoms with Gasteiger partial charge in [-0.3, -0.25) is 4.79 Å². The molecule has 5 nitrogen and oxygen atoms in total. The van der Waals surface area contributed by atoms with Gasteiger partial charge in [0.15, 0.2) is 0 Å². The lowest BCUT2D eigenvalue weighted by atomic mass is 10.1. The lowest BCUT2D eigenvalue weighted by molar-refractivity contribution is -0.140. The van der Waals surface area contributed by atoms with Crippen molar-refractivity contribution in [1.82, 2.24) is 10.2 Å². The average molecular weight is 306 g/mol. The van der Waals surface area contributed by atoms with Crippen molar-refractivity contribution in [2.24, 2.45) is 0 Å². The molecule has 1 aliphatic rings. The van der Waals surface area contributed by atoms with Crippen LogP contribution < -0.4 is 10.1 Å². The summed E-state index contributed by atoms with van der Waals surface area (Å²) in [5.74, 6) is 0.920. The summed E-state index contributed by atoms with van der Waals surface area (Å²) in [5, 5.41) is 3.48. The molecule has 0 radical (unpaired) electrons. The summed E-state index contributed by atoms with van der Waals surface area (Å²) in [4.78, 5) is 13.5. The van der Waals surface area contributed by atoms with Gasteiger partial charge in [-0.1, -0.05) is 12.1 Å². The maximum atomic E-state index is 11.9. The molecule has 1 N–H and O–H groups in total. The summed E-state index contributed by atoms with van der Waals surface area (Å²) < 4.78 is 11.1. The van der Waals surface area contributed by atoms with Crippen LogP contribution in [0.25, 0.3) is 0 Å². The lowest BCUT2D eigenvalue weighted by Crippen LogP contribution is -2.35. The van der Waals surface area contributed by atoms with Crippen LogP contribution in [0.5, 0.6) is 5.75 Å². The van der Waals surface area contributed by atoms with Crippen molar-refractivity contribution >= 4 is 5.91 Å². The summed E-state index contributed by atoms with van der Waals surface area (Å²) >= 11 is 0. The number of rotatable bonds is 6. The number of methoxy groups -OCH3 is 1. The lowest BCUT2D eigenvalue weighted by Gasteiger charge is -2.20. The van der Waals surface area contributed by atoms with Crippen LogP contribution in [0.2, 0.25) is 0 Å². The molecule has 0 spiro atoms. The van der Waals surface area contributed by atoms with E-state index >= 15 is 0 Å². The third kappa shape index (κ3) is 4.21. The van der Waals surface area contributed by atoms with Crippen molar-refractivity contribution < 1.29 is 14.3 Å². The van der Waals surface area contributed by atoms with Crippen LogP contribution in [0.4, 0.5) is 0 Å². The van der Waals surface area contributed by atoms with E-state index in [1.165, 1.54) is 5.56 Å². The molecule has 5 heteroatoms. The summed E-state index contributed by atoms with van der Waals surface area (Å²) in [6, 6.07) is 8.25. The Morgan fingerprint density at radius 1 is 1.45 bits per heavy atom. The minimum Gasteiger partial charge on any atom is -0.497 e. The number of carbonyl (C=O) groups excluding carboxylic acids is 1. The smallest absolute Gasteiger partial charge is 0.251 e. The van der Waals surface area contributed by atoms with Crippen LogP contribution >= 0.6 is 0 Å². The quantitative estimate of drug-likeness (QED) is 0.873. The van der Waals surface area contributed by atoms with Crippen LogP contribution in [-0.2, 0) is 9.53 Å². The van der Waals surface area contributed by atoms with Gasteiger partial charge >= 0.3 is 0 Å². The standard InChI is InChI=1S/C17H26N2O3/c1-12(13-6-5-7-14(10-13)21-4)18-11-15-8-9-16(22-15)17(20)19(2)3/h5-7,10,12,15-16,18H,8-9,11H2,1-4H3/t12-,15+,16-/m0/s1. The van der Waals surface area contributed by atoms with Crippen LogP contribution in [0, 0.1) is 0 Å². The van der Waals surface area contributed by atoms with E-state index in [-0.39, 0.29) is 24.2 Å². The molecule has 1 fully saturated rings. The van der Waals surface area contributed by atoms with Gasteiger partial charge in [0, 0.05) is 26.7 Å². The Bertz CT molecular complexity index is 504. The van der Waals surface area contributed by atoms with Gasteiger partial charge in [-0.25, -0.2) is 0 Å².